The Kier molecular flexibility index (Phi) is 4.30. The Morgan fingerprint density at radius 1 is 1.31 bits per heavy atom. The lowest BCUT2D eigenvalue weighted by Gasteiger charge is -2.24. The number of carbonyl (C=O) groups excluding carboxylic acids is 1. The van der Waals surface area contributed by atoms with Crippen molar-refractivity contribution in [3.05, 3.63) is 64.4 Å². The molecule has 26 heavy (non-hydrogen) atoms. The van der Waals surface area contributed by atoms with Crippen molar-refractivity contribution in [3.63, 3.8) is 0 Å². The molecule has 2 heterocycles. The predicted octanol–water partition coefficient (Wildman–Crippen LogP) is 2.86. The van der Waals surface area contributed by atoms with Crippen LogP contribution in [0.5, 0.6) is 0 Å². The van der Waals surface area contributed by atoms with E-state index in [2.05, 4.69) is 10.3 Å². The third-order valence-electron chi connectivity index (χ3n) is 4.69. The summed E-state index contributed by atoms with van der Waals surface area (Å²) in [6.45, 7) is 1.15. The number of aromatic nitrogens is 1. The van der Waals surface area contributed by atoms with Gasteiger partial charge in [0, 0.05) is 23.9 Å². The summed E-state index contributed by atoms with van der Waals surface area (Å²) in [4.78, 5) is 28.5. The molecular weight excluding hydrogens is 337 g/mol. The molecule has 1 fully saturated rings. The van der Waals surface area contributed by atoms with Gasteiger partial charge in [0.1, 0.15) is 5.82 Å². The van der Waals surface area contributed by atoms with E-state index in [0.29, 0.717) is 28.9 Å². The zero-order chi connectivity index (χ0) is 18.1. The van der Waals surface area contributed by atoms with Crippen LogP contribution in [0.15, 0.2) is 51.7 Å². The summed E-state index contributed by atoms with van der Waals surface area (Å²) in [7, 11) is 0. The summed E-state index contributed by atoms with van der Waals surface area (Å²) in [5.41, 5.74) is 2.11. The van der Waals surface area contributed by atoms with Gasteiger partial charge in [-0.15, -0.1) is 0 Å². The number of nitrogens with one attached hydrogen (secondary N) is 2. The van der Waals surface area contributed by atoms with Crippen molar-refractivity contribution in [2.24, 2.45) is 0 Å². The van der Waals surface area contributed by atoms with Crippen molar-refractivity contribution in [1.82, 2.24) is 9.88 Å². The lowest BCUT2D eigenvalue weighted by molar-refractivity contribution is -0.120. The Hall–Kier alpha value is -2.93. The monoisotopic (exact) mass is 355 g/mol. The van der Waals surface area contributed by atoms with Crippen LogP contribution in [0.1, 0.15) is 18.4 Å². The van der Waals surface area contributed by atoms with E-state index in [9.17, 15) is 14.0 Å². The highest BCUT2D eigenvalue weighted by atomic mass is 19.1. The van der Waals surface area contributed by atoms with Crippen LogP contribution >= 0.6 is 0 Å². The fourth-order valence-electron chi connectivity index (χ4n) is 3.41. The van der Waals surface area contributed by atoms with Crippen molar-refractivity contribution >= 4 is 22.7 Å². The second-order valence-electron chi connectivity index (χ2n) is 6.43. The number of H-pyrrole nitrogens is 1. The largest absolute Gasteiger partial charge is 0.417 e. The van der Waals surface area contributed by atoms with Crippen molar-refractivity contribution in [3.8, 4) is 0 Å². The molecule has 0 saturated carbocycles. The molecule has 2 N–H and O–H groups in total. The Balaban J connectivity index is 1.49. The van der Waals surface area contributed by atoms with Gasteiger partial charge in [-0.1, -0.05) is 18.2 Å². The van der Waals surface area contributed by atoms with Gasteiger partial charge in [-0.2, -0.15) is 0 Å². The van der Waals surface area contributed by atoms with Crippen LogP contribution in [0.4, 0.5) is 10.1 Å². The number of rotatable bonds is 4. The average molecular weight is 355 g/mol. The van der Waals surface area contributed by atoms with E-state index in [1.165, 1.54) is 6.07 Å². The van der Waals surface area contributed by atoms with Gasteiger partial charge in [-0.3, -0.25) is 14.7 Å². The number of halogens is 1. The summed E-state index contributed by atoms with van der Waals surface area (Å²) in [6.07, 6.45) is 1.61. The van der Waals surface area contributed by atoms with Gasteiger partial charge in [0.05, 0.1) is 11.6 Å². The van der Waals surface area contributed by atoms with E-state index < -0.39 is 5.76 Å². The normalized spacial score (nSPS) is 17.7. The van der Waals surface area contributed by atoms with E-state index in [-0.39, 0.29) is 17.8 Å². The molecule has 1 unspecified atom stereocenters. The number of amides is 1. The van der Waals surface area contributed by atoms with Crippen molar-refractivity contribution in [2.75, 3.05) is 11.9 Å². The van der Waals surface area contributed by atoms with Gasteiger partial charge in [-0.05, 0) is 37.6 Å². The van der Waals surface area contributed by atoms with E-state index in [0.717, 1.165) is 19.4 Å². The molecule has 0 aliphatic carbocycles. The average Bonchev–Trinajstić information content (AvgIpc) is 3.22. The maximum atomic E-state index is 13.9. The molecule has 1 aromatic heterocycles. The quantitative estimate of drug-likeness (QED) is 0.754. The maximum Gasteiger partial charge on any atom is 0.417 e. The highest BCUT2D eigenvalue weighted by Crippen LogP contribution is 2.23. The highest BCUT2D eigenvalue weighted by molar-refractivity contribution is 5.96. The number of hydrogen-bond donors (Lipinski definition) is 2. The first-order valence-electron chi connectivity index (χ1n) is 8.51. The number of nitrogens with zero attached hydrogens (tertiary/aromatic N) is 1. The molecule has 1 aliphatic rings. The molecule has 1 aliphatic heterocycles. The molecule has 7 heteroatoms. The fraction of sp³-hybridized carbons (Fsp3) is 0.263. The van der Waals surface area contributed by atoms with Gasteiger partial charge in [0.2, 0.25) is 5.91 Å². The van der Waals surface area contributed by atoms with E-state index in [1.54, 1.807) is 36.4 Å². The van der Waals surface area contributed by atoms with Crippen molar-refractivity contribution < 1.29 is 13.6 Å². The Bertz CT molecular complexity index is 1010. The summed E-state index contributed by atoms with van der Waals surface area (Å²) in [5.74, 6) is -0.932. The van der Waals surface area contributed by atoms with E-state index in [4.69, 9.17) is 4.42 Å². The van der Waals surface area contributed by atoms with Crippen LogP contribution < -0.4 is 11.1 Å². The van der Waals surface area contributed by atoms with E-state index in [1.807, 2.05) is 4.90 Å². The molecule has 134 valence electrons. The first-order valence-corrected chi connectivity index (χ1v) is 8.51. The summed E-state index contributed by atoms with van der Waals surface area (Å²) >= 11 is 0. The summed E-state index contributed by atoms with van der Waals surface area (Å²) in [5, 5.41) is 2.87. The minimum Gasteiger partial charge on any atom is -0.408 e. The van der Waals surface area contributed by atoms with Crippen LogP contribution in [0.2, 0.25) is 0 Å². The molecule has 0 radical (unpaired) electrons. The number of fused-ring (bicyclic) bond motifs is 1. The van der Waals surface area contributed by atoms with Crippen molar-refractivity contribution in [1.29, 1.82) is 0 Å². The number of benzene rings is 2. The molecule has 1 amide bonds. The lowest BCUT2D eigenvalue weighted by atomic mass is 10.1. The molecule has 0 spiro atoms. The Morgan fingerprint density at radius 3 is 3.00 bits per heavy atom. The molecule has 1 atom stereocenters. The SMILES string of the molecule is O=C(Nc1ccc2[nH]c(=O)oc2c1)C1CCCN1Cc1ccccc1F. The lowest BCUT2D eigenvalue weighted by Crippen LogP contribution is -2.39. The van der Waals surface area contributed by atoms with E-state index >= 15 is 0 Å². The van der Waals surface area contributed by atoms with Gasteiger partial charge < -0.3 is 9.73 Å². The van der Waals surface area contributed by atoms with Crippen LogP contribution in [0, 0.1) is 5.82 Å². The number of aromatic amines is 1. The van der Waals surface area contributed by atoms with Crippen molar-refractivity contribution in [2.45, 2.75) is 25.4 Å². The Morgan fingerprint density at radius 2 is 2.15 bits per heavy atom. The maximum absolute atomic E-state index is 13.9. The van der Waals surface area contributed by atoms with Gasteiger partial charge in [0.25, 0.3) is 0 Å². The minimum absolute atomic E-state index is 0.143. The molecule has 6 nitrogen and oxygen atoms in total. The third-order valence-corrected chi connectivity index (χ3v) is 4.69. The third kappa shape index (κ3) is 3.25. The first kappa shape index (κ1) is 16.5. The number of oxazole rings is 1. The minimum atomic E-state index is -0.532. The van der Waals surface area contributed by atoms with Crippen LogP contribution in [-0.4, -0.2) is 28.4 Å². The first-order chi connectivity index (χ1) is 12.6. The predicted molar refractivity (Wildman–Crippen MR) is 95.3 cm³/mol. The molecule has 2 aromatic carbocycles. The molecular formula is C19H18FN3O3. The fourth-order valence-corrected chi connectivity index (χ4v) is 3.41. The van der Waals surface area contributed by atoms with Crippen LogP contribution in [-0.2, 0) is 11.3 Å². The number of anilines is 1. The highest BCUT2D eigenvalue weighted by Gasteiger charge is 2.31. The summed E-state index contributed by atoms with van der Waals surface area (Å²) < 4.78 is 18.9. The number of hydrogen-bond acceptors (Lipinski definition) is 4. The molecule has 1 saturated heterocycles. The zero-order valence-corrected chi connectivity index (χ0v) is 14.0. The summed E-state index contributed by atoms with van der Waals surface area (Å²) in [6, 6.07) is 11.3. The molecule has 3 aromatic rings. The standard InChI is InChI=1S/C19H18FN3O3/c20-14-5-2-1-4-12(14)11-23-9-3-6-16(23)18(24)21-13-7-8-15-17(10-13)26-19(25)22-15/h1-2,4-5,7-8,10,16H,3,6,9,11H2,(H,21,24)(H,22,25). The second kappa shape index (κ2) is 6.76. The second-order valence-corrected chi connectivity index (χ2v) is 6.43. The molecule has 0 bridgehead atoms. The number of likely N-dealkylation sites (tertiary alicyclic amines) is 1. The topological polar surface area (TPSA) is 78.3 Å². The van der Waals surface area contributed by atoms with Gasteiger partial charge in [0.15, 0.2) is 5.58 Å². The van der Waals surface area contributed by atoms with Gasteiger partial charge in [-0.25, -0.2) is 9.18 Å². The Labute approximate surface area is 148 Å². The smallest absolute Gasteiger partial charge is 0.408 e. The number of carbonyl (C=O) groups is 1. The zero-order valence-electron chi connectivity index (χ0n) is 14.0. The molecule has 4 rings (SSSR count). The van der Waals surface area contributed by atoms with Crippen LogP contribution in [0.25, 0.3) is 11.1 Å². The van der Waals surface area contributed by atoms with Gasteiger partial charge >= 0.3 is 5.76 Å². The van der Waals surface area contributed by atoms with Crippen LogP contribution in [0.3, 0.4) is 0 Å².